The van der Waals surface area contributed by atoms with Crippen molar-refractivity contribution in [1.82, 2.24) is 5.32 Å². The van der Waals surface area contributed by atoms with E-state index in [1.807, 2.05) is 19.1 Å². The molecule has 0 spiro atoms. The lowest BCUT2D eigenvalue weighted by Crippen LogP contribution is -2.25. The summed E-state index contributed by atoms with van der Waals surface area (Å²) >= 11 is 0. The normalized spacial score (nSPS) is 11.3. The molecule has 1 amide bonds. The Morgan fingerprint density at radius 2 is 1.78 bits per heavy atom. The number of ether oxygens (including phenoxy) is 1. The van der Waals surface area contributed by atoms with Crippen LogP contribution in [0.3, 0.4) is 0 Å². The Bertz CT molecular complexity index is 891. The third-order valence-corrected chi connectivity index (χ3v) is 5.43. The summed E-state index contributed by atoms with van der Waals surface area (Å²) in [6.07, 6.45) is 0.849. The first-order chi connectivity index (χ1) is 12.7. The maximum Gasteiger partial charge on any atom is 0.265 e. The molecular weight excluding hydrogens is 364 g/mol. The minimum absolute atomic E-state index is 0.0814. The molecule has 0 saturated heterocycles. The topological polar surface area (TPSA) is 84.5 Å². The highest BCUT2D eigenvalue weighted by molar-refractivity contribution is 7.92. The Labute approximate surface area is 161 Å². The van der Waals surface area contributed by atoms with Gasteiger partial charge in [0.15, 0.2) is 0 Å². The van der Waals surface area contributed by atoms with Crippen molar-refractivity contribution in [2.45, 2.75) is 32.1 Å². The molecular formula is C20H26N2O4S. The Balaban J connectivity index is 2.28. The van der Waals surface area contributed by atoms with Gasteiger partial charge in [0, 0.05) is 17.8 Å². The molecule has 0 aromatic heterocycles. The van der Waals surface area contributed by atoms with Crippen LogP contribution in [-0.2, 0) is 10.0 Å². The lowest BCUT2D eigenvalue weighted by molar-refractivity contribution is 0.0951. The van der Waals surface area contributed by atoms with Crippen molar-refractivity contribution in [2.24, 2.45) is 5.92 Å². The molecule has 0 radical (unpaired) electrons. The van der Waals surface area contributed by atoms with E-state index in [1.165, 1.54) is 19.2 Å². The van der Waals surface area contributed by atoms with E-state index < -0.39 is 10.0 Å². The maximum absolute atomic E-state index is 12.8. The highest BCUT2D eigenvalue weighted by Crippen LogP contribution is 2.27. The second-order valence-electron chi connectivity index (χ2n) is 6.78. The summed E-state index contributed by atoms with van der Waals surface area (Å²) in [6, 6.07) is 11.4. The molecule has 0 bridgehead atoms. The molecule has 146 valence electrons. The zero-order chi connectivity index (χ0) is 20.0. The average molecular weight is 391 g/mol. The fourth-order valence-electron chi connectivity index (χ4n) is 2.44. The van der Waals surface area contributed by atoms with Crippen LogP contribution in [0.4, 0.5) is 5.69 Å². The van der Waals surface area contributed by atoms with Crippen molar-refractivity contribution >= 4 is 21.6 Å². The highest BCUT2D eigenvalue weighted by Gasteiger charge is 2.22. The second kappa shape index (κ2) is 8.90. The summed E-state index contributed by atoms with van der Waals surface area (Å²) in [5.41, 5.74) is 1.73. The molecule has 0 aliphatic heterocycles. The first kappa shape index (κ1) is 20.8. The number of rotatable bonds is 8. The number of carbonyl (C=O) groups is 1. The molecule has 2 aromatic rings. The molecule has 27 heavy (non-hydrogen) atoms. The smallest absolute Gasteiger partial charge is 0.265 e. The van der Waals surface area contributed by atoms with Gasteiger partial charge >= 0.3 is 0 Å². The first-order valence-corrected chi connectivity index (χ1v) is 10.3. The van der Waals surface area contributed by atoms with E-state index in [4.69, 9.17) is 4.74 Å². The molecule has 0 heterocycles. The number of aryl methyl sites for hydroxylation is 1. The number of benzene rings is 2. The molecule has 2 rings (SSSR count). The molecule has 6 nitrogen and oxygen atoms in total. The van der Waals surface area contributed by atoms with Gasteiger partial charge in [-0.15, -0.1) is 0 Å². The molecule has 0 aliphatic rings. The van der Waals surface area contributed by atoms with E-state index >= 15 is 0 Å². The largest absolute Gasteiger partial charge is 0.495 e. The molecule has 2 aromatic carbocycles. The van der Waals surface area contributed by atoms with E-state index in [0.29, 0.717) is 18.2 Å². The summed E-state index contributed by atoms with van der Waals surface area (Å²) in [7, 11) is -2.52. The number of hydrogen-bond acceptors (Lipinski definition) is 4. The third kappa shape index (κ3) is 5.72. The Morgan fingerprint density at radius 3 is 2.37 bits per heavy atom. The van der Waals surface area contributed by atoms with Gasteiger partial charge in [-0.2, -0.15) is 0 Å². The van der Waals surface area contributed by atoms with E-state index in [-0.39, 0.29) is 22.1 Å². The molecule has 2 N–H and O–H groups in total. The molecule has 7 heteroatoms. The highest BCUT2D eigenvalue weighted by atomic mass is 32.2. The summed E-state index contributed by atoms with van der Waals surface area (Å²) in [4.78, 5) is 12.3. The van der Waals surface area contributed by atoms with Gasteiger partial charge in [-0.25, -0.2) is 8.42 Å². The van der Waals surface area contributed by atoms with Crippen molar-refractivity contribution in [2.75, 3.05) is 18.4 Å². The van der Waals surface area contributed by atoms with Crippen molar-refractivity contribution in [1.29, 1.82) is 0 Å². The molecule has 0 aliphatic carbocycles. The zero-order valence-electron chi connectivity index (χ0n) is 16.1. The van der Waals surface area contributed by atoms with Crippen LogP contribution >= 0.6 is 0 Å². The van der Waals surface area contributed by atoms with E-state index in [2.05, 4.69) is 23.9 Å². The van der Waals surface area contributed by atoms with Crippen LogP contribution < -0.4 is 14.8 Å². The van der Waals surface area contributed by atoms with Crippen LogP contribution in [0.2, 0.25) is 0 Å². The first-order valence-electron chi connectivity index (χ1n) is 8.78. The lowest BCUT2D eigenvalue weighted by atomic mass is 10.1. The number of amides is 1. The number of nitrogens with one attached hydrogen (secondary N) is 2. The standard InChI is InChI=1S/C20H26N2O4S/c1-14(2)11-12-21-20(23)16-7-10-18(26-4)19(13-16)27(24,25)22-17-8-5-15(3)6-9-17/h5-10,13-14,22H,11-12H2,1-4H3,(H,21,23). The van der Waals surface area contributed by atoms with Crippen molar-refractivity contribution in [3.63, 3.8) is 0 Å². The number of anilines is 1. The zero-order valence-corrected chi connectivity index (χ0v) is 16.9. The van der Waals surface area contributed by atoms with Crippen LogP contribution in [0, 0.1) is 12.8 Å². The predicted molar refractivity (Wildman–Crippen MR) is 107 cm³/mol. The Kier molecular flexibility index (Phi) is 6.85. The fraction of sp³-hybridized carbons (Fsp3) is 0.350. The minimum atomic E-state index is -3.91. The van der Waals surface area contributed by atoms with Gasteiger partial charge in [0.25, 0.3) is 15.9 Å². The van der Waals surface area contributed by atoms with Crippen LogP contribution in [0.5, 0.6) is 5.75 Å². The predicted octanol–water partition coefficient (Wildman–Crippen LogP) is 3.58. The van der Waals surface area contributed by atoms with Gasteiger partial charge in [0.1, 0.15) is 10.6 Å². The lowest BCUT2D eigenvalue weighted by Gasteiger charge is -2.13. The summed E-state index contributed by atoms with van der Waals surface area (Å²) in [5.74, 6) is 0.328. The van der Waals surface area contributed by atoms with Gasteiger partial charge in [0.2, 0.25) is 0 Å². The minimum Gasteiger partial charge on any atom is -0.495 e. The van der Waals surface area contributed by atoms with Crippen molar-refractivity contribution in [3.8, 4) is 5.75 Å². The summed E-state index contributed by atoms with van der Waals surface area (Å²) in [6.45, 7) is 6.59. The molecule has 0 atom stereocenters. The summed E-state index contributed by atoms with van der Waals surface area (Å²) in [5, 5.41) is 2.81. The van der Waals surface area contributed by atoms with Crippen molar-refractivity contribution in [3.05, 3.63) is 53.6 Å². The Morgan fingerprint density at radius 1 is 1.11 bits per heavy atom. The number of hydrogen-bond donors (Lipinski definition) is 2. The Hall–Kier alpha value is -2.54. The molecule has 0 saturated carbocycles. The monoisotopic (exact) mass is 390 g/mol. The van der Waals surface area contributed by atoms with Crippen LogP contribution in [0.1, 0.15) is 36.2 Å². The van der Waals surface area contributed by atoms with Gasteiger partial charge < -0.3 is 10.1 Å². The van der Waals surface area contributed by atoms with Crippen LogP contribution in [0.25, 0.3) is 0 Å². The van der Waals surface area contributed by atoms with Gasteiger partial charge in [0.05, 0.1) is 7.11 Å². The van der Waals surface area contributed by atoms with Gasteiger partial charge in [-0.05, 0) is 49.6 Å². The van der Waals surface area contributed by atoms with Crippen LogP contribution in [-0.4, -0.2) is 28.0 Å². The summed E-state index contributed by atoms with van der Waals surface area (Å²) < 4.78 is 33.3. The maximum atomic E-state index is 12.8. The van der Waals surface area contributed by atoms with E-state index in [0.717, 1.165) is 12.0 Å². The van der Waals surface area contributed by atoms with Gasteiger partial charge in [-0.1, -0.05) is 31.5 Å². The number of sulfonamides is 1. The van der Waals surface area contributed by atoms with Crippen molar-refractivity contribution < 1.29 is 17.9 Å². The molecule has 0 fully saturated rings. The quantitative estimate of drug-likeness (QED) is 0.721. The number of methoxy groups -OCH3 is 1. The second-order valence-corrected chi connectivity index (χ2v) is 8.43. The third-order valence-electron chi connectivity index (χ3n) is 4.03. The van der Waals surface area contributed by atoms with Gasteiger partial charge in [-0.3, -0.25) is 9.52 Å². The van der Waals surface area contributed by atoms with E-state index in [9.17, 15) is 13.2 Å². The van der Waals surface area contributed by atoms with Crippen LogP contribution in [0.15, 0.2) is 47.4 Å². The number of carbonyl (C=O) groups excluding carboxylic acids is 1. The fourth-order valence-corrected chi connectivity index (χ4v) is 3.69. The average Bonchev–Trinajstić information content (AvgIpc) is 2.62. The SMILES string of the molecule is COc1ccc(C(=O)NCCC(C)C)cc1S(=O)(=O)Nc1ccc(C)cc1. The van der Waals surface area contributed by atoms with E-state index in [1.54, 1.807) is 18.2 Å². The molecule has 0 unspecified atom stereocenters.